The zero-order valence-corrected chi connectivity index (χ0v) is 17.2. The van der Waals surface area contributed by atoms with Crippen molar-refractivity contribution in [2.45, 2.75) is 17.5 Å². The van der Waals surface area contributed by atoms with Crippen LogP contribution < -0.4 is 9.47 Å². The van der Waals surface area contributed by atoms with Gasteiger partial charge in [-0.2, -0.15) is 4.31 Å². The van der Waals surface area contributed by atoms with Crippen molar-refractivity contribution in [1.82, 2.24) is 8.87 Å². The minimum Gasteiger partial charge on any atom is -0.497 e. The van der Waals surface area contributed by atoms with Crippen molar-refractivity contribution in [2.75, 3.05) is 20.8 Å². The van der Waals surface area contributed by atoms with Crippen LogP contribution in [0.2, 0.25) is 0 Å². The number of rotatable bonds is 5. The Labute approximate surface area is 173 Å². The highest BCUT2D eigenvalue weighted by Gasteiger charge is 2.40. The molecule has 2 aromatic carbocycles. The van der Waals surface area contributed by atoms with Gasteiger partial charge in [0, 0.05) is 36.6 Å². The van der Waals surface area contributed by atoms with E-state index in [0.29, 0.717) is 35.4 Å². The van der Waals surface area contributed by atoms with Crippen LogP contribution in [-0.4, -0.2) is 38.1 Å². The van der Waals surface area contributed by atoms with E-state index in [2.05, 4.69) is 0 Å². The molecule has 0 bridgehead atoms. The second-order valence-corrected chi connectivity index (χ2v) is 8.69. The van der Waals surface area contributed by atoms with Crippen LogP contribution in [0.1, 0.15) is 17.3 Å². The quantitative estimate of drug-likeness (QED) is 0.616. The first-order chi connectivity index (χ1) is 14.4. The second-order valence-electron chi connectivity index (χ2n) is 6.83. The highest BCUT2D eigenvalue weighted by atomic mass is 32.2. The summed E-state index contributed by atoms with van der Waals surface area (Å²) in [6.07, 6.45) is 1.86. The van der Waals surface area contributed by atoms with E-state index in [1.807, 2.05) is 22.9 Å². The van der Waals surface area contributed by atoms with E-state index in [1.54, 1.807) is 18.2 Å². The number of nitrogens with zero attached hydrogens (tertiary/aromatic N) is 2. The Hall–Kier alpha value is -2.91. The first-order valence-electron chi connectivity index (χ1n) is 9.20. The highest BCUT2D eigenvalue weighted by molar-refractivity contribution is 7.89. The number of benzene rings is 2. The van der Waals surface area contributed by atoms with Crippen LogP contribution in [-0.2, 0) is 16.6 Å². The molecule has 30 heavy (non-hydrogen) atoms. The normalized spacial score (nSPS) is 16.9. The molecule has 1 atom stereocenters. The molecule has 1 aromatic heterocycles. The van der Waals surface area contributed by atoms with E-state index in [9.17, 15) is 17.2 Å². The average Bonchev–Trinajstić information content (AvgIpc) is 3.21. The van der Waals surface area contributed by atoms with Crippen LogP contribution in [0, 0.1) is 11.6 Å². The number of sulfonamides is 1. The van der Waals surface area contributed by atoms with E-state index in [1.165, 1.54) is 18.5 Å². The summed E-state index contributed by atoms with van der Waals surface area (Å²) in [5.41, 5.74) is 1.27. The van der Waals surface area contributed by atoms with Crippen molar-refractivity contribution in [1.29, 1.82) is 0 Å². The molecule has 0 unspecified atom stereocenters. The number of fused-ring (bicyclic) bond motifs is 1. The van der Waals surface area contributed by atoms with Crippen LogP contribution >= 0.6 is 0 Å². The molecule has 0 radical (unpaired) electrons. The summed E-state index contributed by atoms with van der Waals surface area (Å²) in [5, 5.41) is 0. The number of ether oxygens (including phenoxy) is 2. The van der Waals surface area contributed by atoms with Crippen molar-refractivity contribution in [3.63, 3.8) is 0 Å². The Balaban J connectivity index is 1.92. The van der Waals surface area contributed by atoms with Crippen molar-refractivity contribution >= 4 is 10.0 Å². The third kappa shape index (κ3) is 3.33. The van der Waals surface area contributed by atoms with Crippen LogP contribution in [0.4, 0.5) is 8.78 Å². The zero-order valence-electron chi connectivity index (χ0n) is 16.4. The summed E-state index contributed by atoms with van der Waals surface area (Å²) in [4.78, 5) is -0.573. The van der Waals surface area contributed by atoms with Crippen molar-refractivity contribution in [3.8, 4) is 11.5 Å². The second kappa shape index (κ2) is 7.73. The van der Waals surface area contributed by atoms with Gasteiger partial charge in [0.2, 0.25) is 10.0 Å². The van der Waals surface area contributed by atoms with Crippen LogP contribution in [0.5, 0.6) is 11.5 Å². The Morgan fingerprint density at radius 1 is 1.00 bits per heavy atom. The topological polar surface area (TPSA) is 60.8 Å². The number of methoxy groups -OCH3 is 2. The lowest BCUT2D eigenvalue weighted by molar-refractivity contribution is 0.288. The lowest BCUT2D eigenvalue weighted by Crippen LogP contribution is -2.42. The molecule has 0 spiro atoms. The summed E-state index contributed by atoms with van der Waals surface area (Å²) >= 11 is 0. The van der Waals surface area contributed by atoms with Crippen LogP contribution in [0.3, 0.4) is 0 Å². The molecule has 0 saturated carbocycles. The van der Waals surface area contributed by atoms with E-state index in [4.69, 9.17) is 9.47 Å². The molecule has 6 nitrogen and oxygen atoms in total. The van der Waals surface area contributed by atoms with Gasteiger partial charge < -0.3 is 14.0 Å². The minimum absolute atomic E-state index is 0.103. The van der Waals surface area contributed by atoms with Gasteiger partial charge in [0.05, 0.1) is 20.3 Å². The third-order valence-electron chi connectivity index (χ3n) is 5.21. The molecule has 2 heterocycles. The van der Waals surface area contributed by atoms with Gasteiger partial charge >= 0.3 is 0 Å². The Kier molecular flexibility index (Phi) is 5.25. The fraction of sp³-hybridized carbons (Fsp3) is 0.238. The van der Waals surface area contributed by atoms with E-state index >= 15 is 0 Å². The molecule has 0 amide bonds. The molecule has 0 fully saturated rings. The fourth-order valence-corrected chi connectivity index (χ4v) is 5.42. The lowest BCUT2D eigenvalue weighted by Gasteiger charge is -2.37. The number of halogens is 2. The largest absolute Gasteiger partial charge is 0.497 e. The van der Waals surface area contributed by atoms with Crippen molar-refractivity contribution in [3.05, 3.63) is 77.6 Å². The van der Waals surface area contributed by atoms with E-state index in [-0.39, 0.29) is 6.54 Å². The molecule has 0 aliphatic carbocycles. The maximum atomic E-state index is 14.4. The van der Waals surface area contributed by atoms with E-state index in [0.717, 1.165) is 12.1 Å². The molecular weight excluding hydrogens is 414 g/mol. The lowest BCUT2D eigenvalue weighted by atomic mass is 10.0. The molecular formula is C21H20F2N2O4S. The minimum atomic E-state index is -4.29. The SMILES string of the molecule is COc1ccc(OC)c([C@H]2c3cccn3CCN2S(=O)(=O)c2ccc(F)cc2F)c1. The number of aromatic nitrogens is 1. The van der Waals surface area contributed by atoms with Gasteiger partial charge in [-0.15, -0.1) is 0 Å². The predicted molar refractivity (Wildman–Crippen MR) is 106 cm³/mol. The van der Waals surface area contributed by atoms with Crippen LogP contribution in [0.15, 0.2) is 59.6 Å². The smallest absolute Gasteiger partial charge is 0.246 e. The summed E-state index contributed by atoms with van der Waals surface area (Å²) in [6.45, 7) is 0.499. The zero-order chi connectivity index (χ0) is 21.5. The van der Waals surface area contributed by atoms with E-state index < -0.39 is 32.6 Å². The van der Waals surface area contributed by atoms with Crippen molar-refractivity contribution < 1.29 is 26.7 Å². The summed E-state index contributed by atoms with van der Waals surface area (Å²) in [6, 6.07) is 10.4. The van der Waals surface area contributed by atoms with Gasteiger partial charge in [0.1, 0.15) is 28.0 Å². The highest BCUT2D eigenvalue weighted by Crippen LogP contribution is 2.41. The Morgan fingerprint density at radius 3 is 2.50 bits per heavy atom. The maximum absolute atomic E-state index is 14.4. The first-order valence-corrected chi connectivity index (χ1v) is 10.6. The maximum Gasteiger partial charge on any atom is 0.246 e. The molecule has 158 valence electrons. The fourth-order valence-electron chi connectivity index (χ4n) is 3.80. The van der Waals surface area contributed by atoms with Gasteiger partial charge in [-0.25, -0.2) is 17.2 Å². The predicted octanol–water partition coefficient (Wildman–Crippen LogP) is 3.58. The summed E-state index contributed by atoms with van der Waals surface area (Å²) in [5.74, 6) is -0.979. The summed E-state index contributed by atoms with van der Waals surface area (Å²) in [7, 11) is -1.29. The van der Waals surface area contributed by atoms with Gasteiger partial charge in [-0.1, -0.05) is 0 Å². The number of hydrogen-bond acceptors (Lipinski definition) is 4. The molecule has 9 heteroatoms. The van der Waals surface area contributed by atoms with Gasteiger partial charge in [-0.3, -0.25) is 0 Å². The van der Waals surface area contributed by atoms with Crippen LogP contribution in [0.25, 0.3) is 0 Å². The molecule has 1 aliphatic heterocycles. The molecule has 3 aromatic rings. The molecule has 0 saturated heterocycles. The van der Waals surface area contributed by atoms with Gasteiger partial charge in [-0.05, 0) is 42.5 Å². The third-order valence-corrected chi connectivity index (χ3v) is 7.10. The standard InChI is InChI=1S/C21H20F2N2O4S/c1-28-15-6-7-19(29-2)16(13-15)21-18-4-3-9-24(18)10-11-25(21)30(26,27)20-8-5-14(22)12-17(20)23/h3-9,12-13,21H,10-11H2,1-2H3/t21-/m0/s1. The van der Waals surface area contributed by atoms with Gasteiger partial charge in [0.25, 0.3) is 0 Å². The Morgan fingerprint density at radius 2 is 1.80 bits per heavy atom. The first kappa shape index (κ1) is 20.4. The Bertz CT molecular complexity index is 1190. The monoisotopic (exact) mass is 434 g/mol. The van der Waals surface area contributed by atoms with Crippen molar-refractivity contribution in [2.24, 2.45) is 0 Å². The molecule has 0 N–H and O–H groups in total. The molecule has 4 rings (SSSR count). The average molecular weight is 434 g/mol. The molecule has 1 aliphatic rings. The number of hydrogen-bond donors (Lipinski definition) is 0. The van der Waals surface area contributed by atoms with Gasteiger partial charge in [0.15, 0.2) is 0 Å². The summed E-state index contributed by atoms with van der Waals surface area (Å²) < 4.78 is 68.7.